The Bertz CT molecular complexity index is 733. The van der Waals surface area contributed by atoms with Crippen LogP contribution in [0.25, 0.3) is 0 Å². The normalized spacial score (nSPS) is 10.2. The van der Waals surface area contributed by atoms with Gasteiger partial charge in [0.2, 0.25) is 0 Å². The number of nitrogens with one attached hydrogen (secondary N) is 1. The molecule has 0 saturated heterocycles. The highest BCUT2D eigenvalue weighted by molar-refractivity contribution is 9.10. The van der Waals surface area contributed by atoms with Gasteiger partial charge in [-0.25, -0.2) is 0 Å². The van der Waals surface area contributed by atoms with Crippen molar-refractivity contribution in [3.8, 4) is 0 Å². The molecule has 0 aliphatic heterocycles. The molecule has 0 aliphatic carbocycles. The van der Waals surface area contributed by atoms with Gasteiger partial charge < -0.3 is 5.32 Å². The Morgan fingerprint density at radius 3 is 2.24 bits per heavy atom. The van der Waals surface area contributed by atoms with Gasteiger partial charge in [-0.2, -0.15) is 0 Å². The Hall–Kier alpha value is -2.48. The van der Waals surface area contributed by atoms with Gasteiger partial charge in [0.05, 0.1) is 15.9 Å². The number of nitro benzene ring substituents is 2. The van der Waals surface area contributed by atoms with Crippen LogP contribution in [0.3, 0.4) is 0 Å². The molecular formula is C13H10BrN3O4. The predicted octanol–water partition coefficient (Wildman–Crippen LogP) is 4.32. The zero-order valence-corrected chi connectivity index (χ0v) is 12.5. The second kappa shape index (κ2) is 5.88. The van der Waals surface area contributed by atoms with Crippen LogP contribution in [0.4, 0.5) is 22.7 Å². The molecule has 0 aliphatic rings. The standard InChI is InChI=1S/C13H10BrN3O4/c1-8-6-9(14)2-4-11(8)15-12-5-3-10(16(18)19)7-13(12)17(20)21/h2-7,15H,1H3. The van der Waals surface area contributed by atoms with Crippen molar-refractivity contribution in [1.29, 1.82) is 0 Å². The first kappa shape index (κ1) is 14.9. The van der Waals surface area contributed by atoms with E-state index in [-0.39, 0.29) is 17.1 Å². The van der Waals surface area contributed by atoms with Crippen LogP contribution in [0.1, 0.15) is 5.56 Å². The molecule has 108 valence electrons. The van der Waals surface area contributed by atoms with E-state index in [2.05, 4.69) is 21.2 Å². The Kier molecular flexibility index (Phi) is 4.18. The van der Waals surface area contributed by atoms with Gasteiger partial charge in [0.25, 0.3) is 11.4 Å². The van der Waals surface area contributed by atoms with Crippen LogP contribution < -0.4 is 5.32 Å². The van der Waals surface area contributed by atoms with E-state index in [1.54, 1.807) is 12.1 Å². The highest BCUT2D eigenvalue weighted by Gasteiger charge is 2.19. The lowest BCUT2D eigenvalue weighted by atomic mass is 10.2. The third kappa shape index (κ3) is 3.34. The highest BCUT2D eigenvalue weighted by Crippen LogP contribution is 2.32. The van der Waals surface area contributed by atoms with Crippen molar-refractivity contribution in [3.63, 3.8) is 0 Å². The van der Waals surface area contributed by atoms with Crippen molar-refractivity contribution in [2.75, 3.05) is 5.32 Å². The quantitative estimate of drug-likeness (QED) is 0.653. The molecule has 0 radical (unpaired) electrons. The lowest BCUT2D eigenvalue weighted by molar-refractivity contribution is -0.393. The predicted molar refractivity (Wildman–Crippen MR) is 81.9 cm³/mol. The number of nitro groups is 2. The summed E-state index contributed by atoms with van der Waals surface area (Å²) < 4.78 is 0.892. The lowest BCUT2D eigenvalue weighted by Gasteiger charge is -2.10. The van der Waals surface area contributed by atoms with Crippen LogP contribution in [0.15, 0.2) is 40.9 Å². The van der Waals surface area contributed by atoms with Crippen molar-refractivity contribution >= 4 is 38.7 Å². The van der Waals surface area contributed by atoms with Gasteiger partial charge >= 0.3 is 0 Å². The number of hydrogen-bond donors (Lipinski definition) is 1. The average molecular weight is 352 g/mol. The topological polar surface area (TPSA) is 98.3 Å². The third-order valence-corrected chi connectivity index (χ3v) is 3.34. The SMILES string of the molecule is Cc1cc(Br)ccc1Nc1ccc([N+](=O)[O-])cc1[N+](=O)[O-]. The Balaban J connectivity index is 2.44. The summed E-state index contributed by atoms with van der Waals surface area (Å²) in [6.45, 7) is 1.85. The minimum Gasteiger partial charge on any atom is -0.350 e. The van der Waals surface area contributed by atoms with E-state index in [0.717, 1.165) is 16.1 Å². The average Bonchev–Trinajstić information content (AvgIpc) is 2.41. The number of aryl methyl sites for hydroxylation is 1. The molecule has 0 atom stereocenters. The molecule has 0 saturated carbocycles. The summed E-state index contributed by atoms with van der Waals surface area (Å²) in [7, 11) is 0. The molecule has 0 unspecified atom stereocenters. The summed E-state index contributed by atoms with van der Waals surface area (Å²) in [6.07, 6.45) is 0. The third-order valence-electron chi connectivity index (χ3n) is 2.85. The molecule has 2 rings (SSSR count). The van der Waals surface area contributed by atoms with Crippen LogP contribution in [0, 0.1) is 27.2 Å². The maximum absolute atomic E-state index is 11.1. The van der Waals surface area contributed by atoms with Crippen LogP contribution >= 0.6 is 15.9 Å². The first-order valence-electron chi connectivity index (χ1n) is 5.84. The van der Waals surface area contributed by atoms with Gasteiger partial charge in [0.1, 0.15) is 5.69 Å². The van der Waals surface area contributed by atoms with Crippen LogP contribution in [-0.2, 0) is 0 Å². The fraction of sp³-hybridized carbons (Fsp3) is 0.0769. The van der Waals surface area contributed by atoms with E-state index in [4.69, 9.17) is 0 Å². The summed E-state index contributed by atoms with van der Waals surface area (Å²) in [6, 6.07) is 8.93. The second-order valence-electron chi connectivity index (χ2n) is 4.30. The number of anilines is 2. The fourth-order valence-corrected chi connectivity index (χ4v) is 2.28. The molecule has 0 bridgehead atoms. The van der Waals surface area contributed by atoms with E-state index < -0.39 is 9.85 Å². The summed E-state index contributed by atoms with van der Waals surface area (Å²) >= 11 is 3.33. The summed E-state index contributed by atoms with van der Waals surface area (Å²) in [5.74, 6) is 0. The molecule has 7 nitrogen and oxygen atoms in total. The zero-order chi connectivity index (χ0) is 15.6. The number of benzene rings is 2. The molecule has 8 heteroatoms. The minimum absolute atomic E-state index is 0.205. The van der Waals surface area contributed by atoms with Crippen LogP contribution in [0.5, 0.6) is 0 Å². The number of rotatable bonds is 4. The first-order valence-corrected chi connectivity index (χ1v) is 6.64. The number of halogens is 1. The van der Waals surface area contributed by atoms with Gasteiger partial charge in [-0.1, -0.05) is 15.9 Å². The van der Waals surface area contributed by atoms with Gasteiger partial charge in [0.15, 0.2) is 0 Å². The second-order valence-corrected chi connectivity index (χ2v) is 5.22. The number of non-ortho nitro benzene ring substituents is 1. The van der Waals surface area contributed by atoms with Crippen molar-refractivity contribution < 1.29 is 9.85 Å². The zero-order valence-electron chi connectivity index (χ0n) is 10.9. The van der Waals surface area contributed by atoms with Crippen LogP contribution in [-0.4, -0.2) is 9.85 Å². The first-order chi connectivity index (χ1) is 9.88. The van der Waals surface area contributed by atoms with Crippen molar-refractivity contribution in [3.05, 3.63) is 66.7 Å². The van der Waals surface area contributed by atoms with Crippen LogP contribution in [0.2, 0.25) is 0 Å². The largest absolute Gasteiger partial charge is 0.350 e. The van der Waals surface area contributed by atoms with Crippen molar-refractivity contribution in [1.82, 2.24) is 0 Å². The molecule has 2 aromatic rings. The summed E-state index contributed by atoms with van der Waals surface area (Å²) in [5, 5.41) is 24.7. The molecule has 0 fully saturated rings. The van der Waals surface area contributed by atoms with E-state index >= 15 is 0 Å². The Morgan fingerprint density at radius 1 is 1.00 bits per heavy atom. The monoisotopic (exact) mass is 351 g/mol. The maximum atomic E-state index is 11.1. The van der Waals surface area contributed by atoms with E-state index in [1.807, 2.05) is 13.0 Å². The molecule has 0 heterocycles. The van der Waals surface area contributed by atoms with Crippen molar-refractivity contribution in [2.24, 2.45) is 0 Å². The Labute approximate surface area is 128 Å². The fourth-order valence-electron chi connectivity index (χ4n) is 1.80. The lowest BCUT2D eigenvalue weighted by Crippen LogP contribution is -1.99. The molecular weight excluding hydrogens is 342 g/mol. The highest BCUT2D eigenvalue weighted by atomic mass is 79.9. The van der Waals surface area contributed by atoms with E-state index in [9.17, 15) is 20.2 Å². The molecule has 1 N–H and O–H groups in total. The number of hydrogen-bond acceptors (Lipinski definition) is 5. The van der Waals surface area contributed by atoms with Crippen molar-refractivity contribution in [2.45, 2.75) is 6.92 Å². The Morgan fingerprint density at radius 2 is 1.67 bits per heavy atom. The molecule has 0 aromatic heterocycles. The van der Waals surface area contributed by atoms with E-state index in [0.29, 0.717) is 5.69 Å². The minimum atomic E-state index is -0.665. The molecule has 0 spiro atoms. The molecule has 0 amide bonds. The summed E-state index contributed by atoms with van der Waals surface area (Å²) in [5.41, 5.74) is 1.12. The maximum Gasteiger partial charge on any atom is 0.299 e. The number of nitrogens with zero attached hydrogens (tertiary/aromatic N) is 2. The smallest absolute Gasteiger partial charge is 0.299 e. The van der Waals surface area contributed by atoms with Gasteiger partial charge in [-0.3, -0.25) is 20.2 Å². The van der Waals surface area contributed by atoms with Gasteiger partial charge in [-0.15, -0.1) is 0 Å². The van der Waals surface area contributed by atoms with E-state index in [1.165, 1.54) is 12.1 Å². The van der Waals surface area contributed by atoms with Gasteiger partial charge in [-0.05, 0) is 36.8 Å². The summed E-state index contributed by atoms with van der Waals surface area (Å²) in [4.78, 5) is 20.4. The molecule has 2 aromatic carbocycles. The molecule has 21 heavy (non-hydrogen) atoms. The van der Waals surface area contributed by atoms with Gasteiger partial charge in [0, 0.05) is 16.2 Å².